The van der Waals surface area contributed by atoms with E-state index in [0.717, 1.165) is 16.1 Å². The van der Waals surface area contributed by atoms with Gasteiger partial charge in [-0.3, -0.25) is 14.2 Å². The van der Waals surface area contributed by atoms with Crippen LogP contribution in [0.25, 0.3) is 26.6 Å². The number of aromatic amines is 1. The maximum Gasteiger partial charge on any atom is 0.298 e. The van der Waals surface area contributed by atoms with Crippen molar-refractivity contribution in [3.8, 4) is 15.7 Å². The molecule has 5 rings (SSSR count). The highest BCUT2D eigenvalue weighted by molar-refractivity contribution is 7.15. The van der Waals surface area contributed by atoms with Crippen molar-refractivity contribution in [3.05, 3.63) is 70.9 Å². The summed E-state index contributed by atoms with van der Waals surface area (Å²) in [5.41, 5.74) is 2.00. The van der Waals surface area contributed by atoms with Crippen molar-refractivity contribution < 1.29 is 9.59 Å². The van der Waals surface area contributed by atoms with Crippen molar-refractivity contribution in [2.24, 2.45) is 0 Å². The number of thiazole rings is 1. The van der Waals surface area contributed by atoms with Gasteiger partial charge in [-0.2, -0.15) is 0 Å². The van der Waals surface area contributed by atoms with Crippen molar-refractivity contribution in [2.75, 3.05) is 5.32 Å². The fourth-order valence-electron chi connectivity index (χ4n) is 3.23. The van der Waals surface area contributed by atoms with Gasteiger partial charge in [0.15, 0.2) is 5.13 Å². The van der Waals surface area contributed by atoms with Crippen LogP contribution in [0.1, 0.15) is 16.2 Å². The van der Waals surface area contributed by atoms with E-state index in [1.807, 2.05) is 54.1 Å². The van der Waals surface area contributed by atoms with Crippen molar-refractivity contribution in [1.29, 1.82) is 0 Å². The van der Waals surface area contributed by atoms with Crippen molar-refractivity contribution >= 4 is 51.1 Å². The molecule has 148 valence electrons. The Morgan fingerprint density at radius 2 is 2.00 bits per heavy atom. The monoisotopic (exact) mass is 433 g/mol. The standard InChI is InChI=1S/C21H15N5O2S2/c1-12-22-10-18(26(12)21-24-16(11-30-21)17-7-4-8-29-17)25-20(28)19(27)14-9-23-15-6-3-2-5-13(14)15/h2-11,23H,1H3,(H,25,28). The molecule has 0 bridgehead atoms. The number of para-hydroxylation sites is 1. The van der Waals surface area contributed by atoms with Gasteiger partial charge < -0.3 is 10.3 Å². The summed E-state index contributed by atoms with van der Waals surface area (Å²) in [6.07, 6.45) is 3.09. The number of nitrogens with zero attached hydrogens (tertiary/aromatic N) is 3. The van der Waals surface area contributed by atoms with Gasteiger partial charge in [0, 0.05) is 22.5 Å². The van der Waals surface area contributed by atoms with Crippen LogP contribution in [0.3, 0.4) is 0 Å². The van der Waals surface area contributed by atoms with Gasteiger partial charge in [0.05, 0.1) is 22.3 Å². The number of carbonyl (C=O) groups is 2. The summed E-state index contributed by atoms with van der Waals surface area (Å²) in [4.78, 5) is 38.5. The summed E-state index contributed by atoms with van der Waals surface area (Å²) in [6.45, 7) is 1.82. The third kappa shape index (κ3) is 3.14. The third-order valence-corrected chi connectivity index (χ3v) is 6.40. The van der Waals surface area contributed by atoms with Crippen LogP contribution < -0.4 is 5.32 Å². The minimum Gasteiger partial charge on any atom is -0.360 e. The number of fused-ring (bicyclic) bond motifs is 1. The van der Waals surface area contributed by atoms with E-state index < -0.39 is 11.7 Å². The van der Waals surface area contributed by atoms with Crippen LogP contribution in [0.5, 0.6) is 0 Å². The number of Topliss-reactive ketones (excluding diaryl/α,β-unsaturated/α-hetero) is 1. The highest BCUT2D eigenvalue weighted by Crippen LogP contribution is 2.30. The third-order valence-electron chi connectivity index (χ3n) is 4.68. The fourth-order valence-corrected chi connectivity index (χ4v) is 4.88. The molecule has 0 atom stereocenters. The van der Waals surface area contributed by atoms with E-state index in [1.165, 1.54) is 17.5 Å². The molecule has 5 aromatic rings. The number of thiophene rings is 1. The van der Waals surface area contributed by atoms with Gasteiger partial charge in [0.25, 0.3) is 11.7 Å². The Labute approximate surface area is 179 Å². The summed E-state index contributed by atoms with van der Waals surface area (Å²) in [5.74, 6) is -0.276. The van der Waals surface area contributed by atoms with Crippen molar-refractivity contribution in [1.82, 2.24) is 19.5 Å². The zero-order valence-corrected chi connectivity index (χ0v) is 17.4. The van der Waals surface area contributed by atoms with E-state index in [0.29, 0.717) is 27.7 Å². The maximum atomic E-state index is 12.8. The first-order valence-corrected chi connectivity index (χ1v) is 10.8. The Hall–Kier alpha value is -3.56. The van der Waals surface area contributed by atoms with E-state index in [2.05, 4.69) is 20.3 Å². The smallest absolute Gasteiger partial charge is 0.298 e. The van der Waals surface area contributed by atoms with Crippen LogP contribution >= 0.6 is 22.7 Å². The molecule has 0 radical (unpaired) electrons. The molecule has 0 fully saturated rings. The lowest BCUT2D eigenvalue weighted by Crippen LogP contribution is -2.24. The molecule has 2 N–H and O–H groups in total. The molecule has 0 aliphatic heterocycles. The van der Waals surface area contributed by atoms with E-state index in [9.17, 15) is 9.59 Å². The number of H-pyrrole nitrogens is 1. The number of nitrogens with one attached hydrogen (secondary N) is 2. The first-order chi connectivity index (χ1) is 14.6. The molecule has 30 heavy (non-hydrogen) atoms. The van der Waals surface area contributed by atoms with Crippen LogP contribution in [0, 0.1) is 6.92 Å². The fraction of sp³-hybridized carbons (Fsp3) is 0.0476. The summed E-state index contributed by atoms with van der Waals surface area (Å²) in [5, 5.41) is 8.04. The topological polar surface area (TPSA) is 92.7 Å². The number of imidazole rings is 1. The molecule has 0 aliphatic carbocycles. The van der Waals surface area contributed by atoms with Crippen LogP contribution in [0.4, 0.5) is 5.82 Å². The second-order valence-electron chi connectivity index (χ2n) is 6.55. The first kappa shape index (κ1) is 18.5. The lowest BCUT2D eigenvalue weighted by molar-refractivity contribution is -0.112. The molecular weight excluding hydrogens is 418 g/mol. The van der Waals surface area contributed by atoms with E-state index in [4.69, 9.17) is 0 Å². The summed E-state index contributed by atoms with van der Waals surface area (Å²) in [6, 6.07) is 11.3. The Morgan fingerprint density at radius 3 is 2.83 bits per heavy atom. The Bertz CT molecular complexity index is 1380. The highest BCUT2D eigenvalue weighted by Gasteiger charge is 2.22. The first-order valence-electron chi connectivity index (χ1n) is 9.08. The van der Waals surface area contributed by atoms with Gasteiger partial charge in [0.1, 0.15) is 11.6 Å². The summed E-state index contributed by atoms with van der Waals surface area (Å²) in [7, 11) is 0. The predicted octanol–water partition coefficient (Wildman–Crippen LogP) is 4.67. The highest BCUT2D eigenvalue weighted by atomic mass is 32.1. The number of benzene rings is 1. The summed E-state index contributed by atoms with van der Waals surface area (Å²) < 4.78 is 1.74. The van der Waals surface area contributed by atoms with Gasteiger partial charge in [-0.05, 0) is 24.4 Å². The molecule has 1 aromatic carbocycles. The van der Waals surface area contributed by atoms with E-state index in [-0.39, 0.29) is 0 Å². The zero-order chi connectivity index (χ0) is 20.7. The number of carbonyl (C=O) groups excluding carboxylic acids is 2. The molecule has 4 heterocycles. The number of aryl methyl sites for hydroxylation is 1. The van der Waals surface area contributed by atoms with Crippen LogP contribution in [0.15, 0.2) is 59.6 Å². The lowest BCUT2D eigenvalue weighted by Gasteiger charge is -2.08. The van der Waals surface area contributed by atoms with Gasteiger partial charge in [-0.1, -0.05) is 24.3 Å². The number of rotatable bonds is 5. The maximum absolute atomic E-state index is 12.8. The molecule has 0 spiro atoms. The Morgan fingerprint density at radius 1 is 1.13 bits per heavy atom. The molecule has 4 aromatic heterocycles. The molecule has 0 saturated carbocycles. The minimum atomic E-state index is -0.726. The molecule has 9 heteroatoms. The normalized spacial score (nSPS) is 11.1. The number of anilines is 1. The molecule has 0 aliphatic rings. The average Bonchev–Trinajstić information content (AvgIpc) is 3.53. The van der Waals surface area contributed by atoms with Gasteiger partial charge >= 0.3 is 0 Å². The summed E-state index contributed by atoms with van der Waals surface area (Å²) >= 11 is 3.06. The number of hydrogen-bond acceptors (Lipinski definition) is 6. The molecule has 0 unspecified atom stereocenters. The molecule has 1 amide bonds. The lowest BCUT2D eigenvalue weighted by atomic mass is 10.1. The average molecular weight is 434 g/mol. The minimum absolute atomic E-state index is 0.333. The van der Waals surface area contributed by atoms with Gasteiger partial charge in [-0.15, -0.1) is 22.7 Å². The van der Waals surface area contributed by atoms with E-state index >= 15 is 0 Å². The van der Waals surface area contributed by atoms with Gasteiger partial charge in [-0.25, -0.2) is 9.97 Å². The second-order valence-corrected chi connectivity index (χ2v) is 8.33. The van der Waals surface area contributed by atoms with Crippen LogP contribution in [-0.2, 0) is 4.79 Å². The quantitative estimate of drug-likeness (QED) is 0.311. The van der Waals surface area contributed by atoms with Crippen molar-refractivity contribution in [2.45, 2.75) is 6.92 Å². The zero-order valence-electron chi connectivity index (χ0n) is 15.7. The number of hydrogen-bond donors (Lipinski definition) is 2. The molecule has 7 nitrogen and oxygen atoms in total. The SMILES string of the molecule is Cc1ncc(NC(=O)C(=O)c2c[nH]c3ccccc23)n1-c1nc(-c2cccs2)cs1. The Kier molecular flexibility index (Phi) is 4.53. The largest absolute Gasteiger partial charge is 0.360 e. The second kappa shape index (κ2) is 7.36. The number of aromatic nitrogens is 4. The number of amides is 1. The van der Waals surface area contributed by atoms with E-state index in [1.54, 1.807) is 22.1 Å². The Balaban J connectivity index is 1.43. The van der Waals surface area contributed by atoms with Crippen LogP contribution in [-0.4, -0.2) is 31.2 Å². The molecular formula is C21H15N5O2S2. The van der Waals surface area contributed by atoms with Crippen LogP contribution in [0.2, 0.25) is 0 Å². The van der Waals surface area contributed by atoms with Gasteiger partial charge in [0.2, 0.25) is 0 Å². The molecule has 0 saturated heterocycles. The predicted molar refractivity (Wildman–Crippen MR) is 119 cm³/mol. The number of ketones is 1. The van der Waals surface area contributed by atoms with Crippen molar-refractivity contribution in [3.63, 3.8) is 0 Å².